The average molecular weight is 268 g/mol. The summed E-state index contributed by atoms with van der Waals surface area (Å²) in [7, 11) is 0. The standard InChI is InChI=1S/C11H16N4O2S/c1-11(10(13)17)2-3-15(6-11)9(16)7-5-18-8(4-12)14-7/h5H,2-4,6,12H2,1H3,(H2,13,17). The third-order valence-corrected chi connectivity index (χ3v) is 4.17. The minimum Gasteiger partial charge on any atom is -0.369 e. The van der Waals surface area contributed by atoms with Gasteiger partial charge in [0.05, 0.1) is 5.41 Å². The van der Waals surface area contributed by atoms with E-state index >= 15 is 0 Å². The zero-order chi connectivity index (χ0) is 13.3. The van der Waals surface area contributed by atoms with Gasteiger partial charge in [0.1, 0.15) is 10.7 Å². The van der Waals surface area contributed by atoms with Gasteiger partial charge in [-0.05, 0) is 13.3 Å². The van der Waals surface area contributed by atoms with Gasteiger partial charge in [0.2, 0.25) is 5.91 Å². The number of hydrogen-bond acceptors (Lipinski definition) is 5. The van der Waals surface area contributed by atoms with Crippen LogP contribution in [0.15, 0.2) is 5.38 Å². The van der Waals surface area contributed by atoms with Crippen molar-refractivity contribution in [2.75, 3.05) is 13.1 Å². The summed E-state index contributed by atoms with van der Waals surface area (Å²) in [5.74, 6) is -0.519. The van der Waals surface area contributed by atoms with E-state index in [-0.39, 0.29) is 11.8 Å². The van der Waals surface area contributed by atoms with Crippen molar-refractivity contribution in [3.8, 4) is 0 Å². The fraction of sp³-hybridized carbons (Fsp3) is 0.545. The molecule has 1 fully saturated rings. The lowest BCUT2D eigenvalue weighted by Crippen LogP contribution is -2.38. The molecule has 1 aliphatic rings. The summed E-state index contributed by atoms with van der Waals surface area (Å²) in [5, 5.41) is 2.43. The van der Waals surface area contributed by atoms with Crippen LogP contribution in [0.1, 0.15) is 28.8 Å². The van der Waals surface area contributed by atoms with Crippen molar-refractivity contribution in [2.45, 2.75) is 19.9 Å². The van der Waals surface area contributed by atoms with Gasteiger partial charge in [-0.15, -0.1) is 11.3 Å². The summed E-state index contributed by atoms with van der Waals surface area (Å²) in [4.78, 5) is 29.3. The Kier molecular flexibility index (Phi) is 3.36. The van der Waals surface area contributed by atoms with Crippen molar-refractivity contribution in [1.29, 1.82) is 0 Å². The zero-order valence-electron chi connectivity index (χ0n) is 10.2. The summed E-state index contributed by atoms with van der Waals surface area (Å²) in [6, 6.07) is 0. The molecule has 18 heavy (non-hydrogen) atoms. The number of hydrogen-bond donors (Lipinski definition) is 2. The fourth-order valence-electron chi connectivity index (χ4n) is 2.00. The van der Waals surface area contributed by atoms with Gasteiger partial charge in [-0.1, -0.05) is 0 Å². The van der Waals surface area contributed by atoms with E-state index in [9.17, 15) is 9.59 Å². The first kappa shape index (κ1) is 13.0. The van der Waals surface area contributed by atoms with Crippen LogP contribution in [0.2, 0.25) is 0 Å². The topological polar surface area (TPSA) is 102 Å². The van der Waals surface area contributed by atoms with Crippen LogP contribution in [-0.4, -0.2) is 34.8 Å². The first-order chi connectivity index (χ1) is 8.46. The molecule has 2 amide bonds. The average Bonchev–Trinajstić information content (AvgIpc) is 2.95. The van der Waals surface area contributed by atoms with Crippen molar-refractivity contribution in [3.05, 3.63) is 16.1 Å². The highest BCUT2D eigenvalue weighted by atomic mass is 32.1. The Bertz CT molecular complexity index is 487. The Morgan fingerprint density at radius 1 is 1.61 bits per heavy atom. The van der Waals surface area contributed by atoms with Gasteiger partial charge in [0.25, 0.3) is 5.91 Å². The van der Waals surface area contributed by atoms with E-state index in [1.165, 1.54) is 11.3 Å². The zero-order valence-corrected chi connectivity index (χ0v) is 11.0. The van der Waals surface area contributed by atoms with Crippen LogP contribution in [0.5, 0.6) is 0 Å². The maximum Gasteiger partial charge on any atom is 0.273 e. The van der Waals surface area contributed by atoms with E-state index in [1.54, 1.807) is 17.2 Å². The Labute approximate surface area is 109 Å². The molecule has 1 unspecified atom stereocenters. The number of carbonyl (C=O) groups is 2. The number of nitrogens with zero attached hydrogens (tertiary/aromatic N) is 2. The van der Waals surface area contributed by atoms with E-state index < -0.39 is 5.41 Å². The van der Waals surface area contributed by atoms with Crippen LogP contribution >= 0.6 is 11.3 Å². The Hall–Kier alpha value is -1.47. The van der Waals surface area contributed by atoms with Gasteiger partial charge in [0, 0.05) is 25.0 Å². The lowest BCUT2D eigenvalue weighted by molar-refractivity contribution is -0.126. The maximum atomic E-state index is 12.2. The molecule has 2 rings (SSSR count). The molecule has 6 nitrogen and oxygen atoms in total. The van der Waals surface area contributed by atoms with E-state index in [2.05, 4.69) is 4.98 Å². The first-order valence-electron chi connectivity index (χ1n) is 5.70. The van der Waals surface area contributed by atoms with Crippen LogP contribution in [0.25, 0.3) is 0 Å². The molecule has 1 saturated heterocycles. The normalized spacial score (nSPS) is 23.3. The minimum absolute atomic E-state index is 0.157. The SMILES string of the molecule is CC1(C(N)=O)CCN(C(=O)c2csc(CN)n2)C1. The molecular weight excluding hydrogens is 252 g/mol. The molecular formula is C11H16N4O2S. The molecule has 0 radical (unpaired) electrons. The number of rotatable bonds is 3. The van der Waals surface area contributed by atoms with E-state index in [1.807, 2.05) is 0 Å². The second-order valence-electron chi connectivity index (χ2n) is 4.73. The summed E-state index contributed by atoms with van der Waals surface area (Å²) in [6.45, 7) is 3.01. The number of carbonyl (C=O) groups excluding carboxylic acids is 2. The van der Waals surface area contributed by atoms with E-state index in [0.29, 0.717) is 31.7 Å². The maximum absolute atomic E-state index is 12.2. The van der Waals surface area contributed by atoms with Gasteiger partial charge in [0.15, 0.2) is 0 Å². The largest absolute Gasteiger partial charge is 0.369 e. The summed E-state index contributed by atoms with van der Waals surface area (Å²) in [6.07, 6.45) is 0.599. The van der Waals surface area contributed by atoms with Crippen LogP contribution in [-0.2, 0) is 11.3 Å². The monoisotopic (exact) mass is 268 g/mol. The van der Waals surface area contributed by atoms with Gasteiger partial charge in [-0.3, -0.25) is 9.59 Å². The third-order valence-electron chi connectivity index (χ3n) is 3.30. The second kappa shape index (κ2) is 4.66. The lowest BCUT2D eigenvalue weighted by atomic mass is 9.89. The quantitative estimate of drug-likeness (QED) is 0.801. The van der Waals surface area contributed by atoms with Gasteiger partial charge < -0.3 is 16.4 Å². The third kappa shape index (κ3) is 2.23. The van der Waals surface area contributed by atoms with E-state index in [4.69, 9.17) is 11.5 Å². The molecule has 0 aromatic carbocycles. The summed E-state index contributed by atoms with van der Waals surface area (Å²) in [5.41, 5.74) is 10.6. The molecule has 98 valence electrons. The molecule has 1 aliphatic heterocycles. The van der Waals surface area contributed by atoms with Gasteiger partial charge in [-0.25, -0.2) is 4.98 Å². The van der Waals surface area contributed by atoms with Crippen molar-refractivity contribution in [3.63, 3.8) is 0 Å². The predicted molar refractivity (Wildman–Crippen MR) is 67.8 cm³/mol. The van der Waals surface area contributed by atoms with Crippen LogP contribution in [0, 0.1) is 5.41 Å². The molecule has 0 spiro atoms. The fourth-order valence-corrected chi connectivity index (χ4v) is 2.65. The molecule has 2 heterocycles. The number of likely N-dealkylation sites (tertiary alicyclic amines) is 1. The predicted octanol–water partition coefficient (Wildman–Crippen LogP) is -0.0607. The summed E-state index contributed by atoms with van der Waals surface area (Å²) >= 11 is 1.37. The lowest BCUT2D eigenvalue weighted by Gasteiger charge is -2.20. The van der Waals surface area contributed by atoms with Crippen LogP contribution in [0.4, 0.5) is 0 Å². The Morgan fingerprint density at radius 2 is 2.33 bits per heavy atom. The molecule has 0 aliphatic carbocycles. The highest BCUT2D eigenvalue weighted by molar-refractivity contribution is 7.09. The van der Waals surface area contributed by atoms with Gasteiger partial charge in [-0.2, -0.15) is 0 Å². The number of nitrogens with two attached hydrogens (primary N) is 2. The smallest absolute Gasteiger partial charge is 0.273 e. The first-order valence-corrected chi connectivity index (χ1v) is 6.58. The molecule has 1 aromatic rings. The van der Waals surface area contributed by atoms with Gasteiger partial charge >= 0.3 is 0 Å². The number of thiazole rings is 1. The highest BCUT2D eigenvalue weighted by Gasteiger charge is 2.41. The highest BCUT2D eigenvalue weighted by Crippen LogP contribution is 2.30. The van der Waals surface area contributed by atoms with Crippen LogP contribution < -0.4 is 11.5 Å². The second-order valence-corrected chi connectivity index (χ2v) is 5.67. The number of primary amides is 1. The van der Waals surface area contributed by atoms with Crippen molar-refractivity contribution in [1.82, 2.24) is 9.88 Å². The summed E-state index contributed by atoms with van der Waals surface area (Å²) < 4.78 is 0. The van der Waals surface area contributed by atoms with E-state index in [0.717, 1.165) is 5.01 Å². The Morgan fingerprint density at radius 3 is 2.83 bits per heavy atom. The molecule has 1 atom stereocenters. The molecule has 0 saturated carbocycles. The van der Waals surface area contributed by atoms with Crippen molar-refractivity contribution in [2.24, 2.45) is 16.9 Å². The van der Waals surface area contributed by atoms with Crippen molar-refractivity contribution < 1.29 is 9.59 Å². The minimum atomic E-state index is -0.623. The number of aromatic nitrogens is 1. The molecule has 0 bridgehead atoms. The molecule has 4 N–H and O–H groups in total. The molecule has 1 aromatic heterocycles. The Balaban J connectivity index is 2.10. The van der Waals surface area contributed by atoms with Crippen LogP contribution in [0.3, 0.4) is 0 Å². The number of amides is 2. The molecule has 7 heteroatoms. The van der Waals surface area contributed by atoms with Crippen molar-refractivity contribution >= 4 is 23.2 Å².